The molecule has 2 aromatic heterocycles. The molecule has 2 heterocycles. The van der Waals surface area contributed by atoms with Crippen LogP contribution in [0.3, 0.4) is 0 Å². The van der Waals surface area contributed by atoms with Crippen molar-refractivity contribution in [2.24, 2.45) is 0 Å². The van der Waals surface area contributed by atoms with Crippen molar-refractivity contribution in [3.63, 3.8) is 0 Å². The summed E-state index contributed by atoms with van der Waals surface area (Å²) < 4.78 is 37.7. The molecule has 8 nitrogen and oxygen atoms in total. The van der Waals surface area contributed by atoms with E-state index in [1.54, 1.807) is 18.3 Å². The van der Waals surface area contributed by atoms with E-state index in [4.69, 9.17) is 14.5 Å². The summed E-state index contributed by atoms with van der Waals surface area (Å²) in [7, 11) is -5.62. The summed E-state index contributed by atoms with van der Waals surface area (Å²) in [6.45, 7) is 16.3. The molecule has 0 radical (unpaired) electrons. The minimum Gasteiger partial charge on any atom is -0.361 e. The minimum absolute atomic E-state index is 0.313. The first-order chi connectivity index (χ1) is 17.2. The molecule has 0 aliphatic rings. The molecule has 0 saturated carbocycles. The van der Waals surface area contributed by atoms with Crippen LogP contribution in [0.2, 0.25) is 51.4 Å². The van der Waals surface area contributed by atoms with Gasteiger partial charge in [-0.2, -0.15) is 9.61 Å². The Hall–Kier alpha value is -2.06. The molecule has 1 aromatic carbocycles. The molecule has 0 saturated heterocycles. The maximum atomic E-state index is 11.8. The van der Waals surface area contributed by atoms with E-state index < -0.39 is 26.0 Å². The van der Waals surface area contributed by atoms with Crippen LogP contribution in [0, 0.1) is 0 Å². The Morgan fingerprint density at radius 1 is 0.892 bits per heavy atom. The minimum atomic E-state index is -3.23. The lowest BCUT2D eigenvalue weighted by Crippen LogP contribution is -2.33. The van der Waals surface area contributed by atoms with Gasteiger partial charge in [-0.15, -0.1) is 0 Å². The Morgan fingerprint density at radius 2 is 1.46 bits per heavy atom. The van der Waals surface area contributed by atoms with E-state index in [1.807, 2.05) is 28.8 Å². The van der Waals surface area contributed by atoms with Crippen LogP contribution in [0.15, 0.2) is 47.5 Å². The number of benzene rings is 1. The molecule has 3 rings (SSSR count). The average Bonchev–Trinajstić information content (AvgIpc) is 3.24. The van der Waals surface area contributed by atoms with E-state index in [0.717, 1.165) is 34.8 Å². The van der Waals surface area contributed by atoms with E-state index in [0.29, 0.717) is 38.0 Å². The highest BCUT2D eigenvalue weighted by Crippen LogP contribution is 2.21. The van der Waals surface area contributed by atoms with E-state index in [9.17, 15) is 8.42 Å². The predicted octanol–water partition coefficient (Wildman–Crippen LogP) is 5.15. The van der Waals surface area contributed by atoms with E-state index >= 15 is 0 Å². The van der Waals surface area contributed by atoms with Gasteiger partial charge in [-0.05, 0) is 29.8 Å². The zero-order chi connectivity index (χ0) is 27.3. The lowest BCUT2D eigenvalue weighted by molar-refractivity contribution is 0.0942. The van der Waals surface area contributed by atoms with Crippen LogP contribution in [-0.2, 0) is 25.7 Å². The summed E-state index contributed by atoms with van der Waals surface area (Å²) >= 11 is 0. The molecule has 11 heteroatoms. The van der Waals surface area contributed by atoms with Crippen LogP contribution in [-0.4, -0.2) is 72.1 Å². The van der Waals surface area contributed by atoms with Gasteiger partial charge in [0.2, 0.25) is 0 Å². The van der Waals surface area contributed by atoms with E-state index in [2.05, 4.69) is 49.3 Å². The van der Waals surface area contributed by atoms with Gasteiger partial charge in [-0.1, -0.05) is 51.4 Å². The first-order valence-corrected chi connectivity index (χ1v) is 22.0. The molecule has 0 amide bonds. The fourth-order valence-electron chi connectivity index (χ4n) is 3.60. The van der Waals surface area contributed by atoms with Crippen molar-refractivity contribution >= 4 is 37.5 Å². The smallest absolute Gasteiger partial charge is 0.175 e. The van der Waals surface area contributed by atoms with Crippen LogP contribution < -0.4 is 4.90 Å². The third kappa shape index (κ3) is 9.64. The quantitative estimate of drug-likeness (QED) is 0.152. The summed E-state index contributed by atoms with van der Waals surface area (Å²) in [5.41, 5.74) is 2.60. The molecular formula is C26H42N4O4SSi2. The number of hydrogen-bond acceptors (Lipinski definition) is 7. The lowest BCUT2D eigenvalue weighted by atomic mass is 10.1. The van der Waals surface area contributed by atoms with Crippen LogP contribution >= 0.6 is 0 Å². The Labute approximate surface area is 223 Å². The monoisotopic (exact) mass is 562 g/mol. The topological polar surface area (TPSA) is 86.0 Å². The second-order valence-corrected chi connectivity index (χ2v) is 25.3. The molecule has 0 N–H and O–H groups in total. The number of ether oxygens (including phenoxy) is 2. The summed E-state index contributed by atoms with van der Waals surface area (Å²) in [6.07, 6.45) is 3.53. The van der Waals surface area contributed by atoms with Crippen molar-refractivity contribution in [2.45, 2.75) is 62.7 Å². The van der Waals surface area contributed by atoms with Gasteiger partial charge in [0.05, 0.1) is 16.8 Å². The highest BCUT2D eigenvalue weighted by Gasteiger charge is 2.18. The molecule has 0 aliphatic heterocycles. The standard InChI is InChI=1S/C26H42N4O4SSi2/c1-35(31,32)24-10-8-22(9-11-24)18-23-19-26(30-25(28-23)12-13-27-30)29(20-33-14-16-36(2,3)4)21-34-15-17-37(5,6)7/h8-13,19H,14-18,20-21H2,1-7H3. The van der Waals surface area contributed by atoms with Gasteiger partial charge in [0, 0.05) is 54.2 Å². The van der Waals surface area contributed by atoms with Crippen LogP contribution in [0.1, 0.15) is 11.3 Å². The second-order valence-electron chi connectivity index (χ2n) is 12.0. The summed E-state index contributed by atoms with van der Waals surface area (Å²) in [6, 6.07) is 13.1. The molecule has 3 aromatic rings. The largest absolute Gasteiger partial charge is 0.361 e. The van der Waals surface area contributed by atoms with Crippen molar-refractivity contribution in [1.29, 1.82) is 0 Å². The predicted molar refractivity (Wildman–Crippen MR) is 156 cm³/mol. The number of hydrogen-bond donors (Lipinski definition) is 0. The normalized spacial score (nSPS) is 12.8. The van der Waals surface area contributed by atoms with Gasteiger partial charge in [0.15, 0.2) is 15.5 Å². The number of rotatable bonds is 14. The van der Waals surface area contributed by atoms with Gasteiger partial charge >= 0.3 is 0 Å². The third-order valence-electron chi connectivity index (χ3n) is 5.94. The third-order valence-corrected chi connectivity index (χ3v) is 10.5. The first kappa shape index (κ1) is 29.5. The molecule has 0 aliphatic carbocycles. The SMILES string of the molecule is C[Si](C)(C)CCOCN(COCC[Si](C)(C)C)c1cc(Cc2ccc(S(C)(=O)=O)cc2)nc2ccnn12. The van der Waals surface area contributed by atoms with Gasteiger partial charge in [-0.25, -0.2) is 13.4 Å². The fourth-order valence-corrected chi connectivity index (χ4v) is 5.75. The van der Waals surface area contributed by atoms with Gasteiger partial charge < -0.3 is 14.4 Å². The first-order valence-electron chi connectivity index (χ1n) is 12.7. The summed E-state index contributed by atoms with van der Waals surface area (Å²) in [5, 5.41) is 4.51. The van der Waals surface area contributed by atoms with Gasteiger partial charge in [-0.3, -0.25) is 0 Å². The van der Waals surface area contributed by atoms with Gasteiger partial charge in [0.1, 0.15) is 19.3 Å². The number of nitrogens with zero attached hydrogens (tertiary/aromatic N) is 4. The number of fused-ring (bicyclic) bond motifs is 1. The second kappa shape index (κ2) is 12.2. The van der Waals surface area contributed by atoms with Crippen LogP contribution in [0.4, 0.5) is 5.82 Å². The maximum Gasteiger partial charge on any atom is 0.175 e. The Balaban J connectivity index is 1.83. The zero-order valence-electron chi connectivity index (χ0n) is 23.3. The van der Waals surface area contributed by atoms with E-state index in [1.165, 1.54) is 6.26 Å². The molecule has 0 fully saturated rings. The van der Waals surface area contributed by atoms with Crippen LogP contribution in [0.5, 0.6) is 0 Å². The molecule has 0 spiro atoms. The summed E-state index contributed by atoms with van der Waals surface area (Å²) in [4.78, 5) is 7.18. The zero-order valence-corrected chi connectivity index (χ0v) is 26.1. The Kier molecular flexibility index (Phi) is 9.73. The van der Waals surface area contributed by atoms with Gasteiger partial charge in [0.25, 0.3) is 0 Å². The number of anilines is 1. The van der Waals surface area contributed by atoms with Crippen LogP contribution in [0.25, 0.3) is 5.65 Å². The van der Waals surface area contributed by atoms with Crippen molar-refractivity contribution in [3.05, 3.63) is 53.9 Å². The summed E-state index contributed by atoms with van der Waals surface area (Å²) in [5.74, 6) is 0.860. The van der Waals surface area contributed by atoms with Crippen molar-refractivity contribution in [1.82, 2.24) is 14.6 Å². The molecule has 0 unspecified atom stereocenters. The Bertz CT molecular complexity index is 1240. The highest BCUT2D eigenvalue weighted by molar-refractivity contribution is 7.90. The Morgan fingerprint density at radius 3 is 1.97 bits per heavy atom. The van der Waals surface area contributed by atoms with Crippen molar-refractivity contribution in [2.75, 3.05) is 37.8 Å². The molecule has 37 heavy (non-hydrogen) atoms. The van der Waals surface area contributed by atoms with E-state index in [-0.39, 0.29) is 0 Å². The fraction of sp³-hybridized carbons (Fsp3) is 0.538. The van der Waals surface area contributed by atoms with Crippen molar-refractivity contribution < 1.29 is 17.9 Å². The number of sulfone groups is 1. The lowest BCUT2D eigenvalue weighted by Gasteiger charge is -2.26. The molecule has 204 valence electrons. The maximum absolute atomic E-state index is 11.8. The molecule has 0 bridgehead atoms. The average molecular weight is 563 g/mol. The molecule has 0 atom stereocenters. The van der Waals surface area contributed by atoms with Crippen molar-refractivity contribution in [3.8, 4) is 0 Å². The highest BCUT2D eigenvalue weighted by atomic mass is 32.2. The number of aromatic nitrogens is 3. The molecular weight excluding hydrogens is 521 g/mol.